The van der Waals surface area contributed by atoms with E-state index in [4.69, 9.17) is 11.0 Å². The van der Waals surface area contributed by atoms with Gasteiger partial charge in [0.1, 0.15) is 6.04 Å². The number of primary amides is 1. The Morgan fingerprint density at radius 2 is 1.60 bits per heavy atom. The number of benzene rings is 2. The maximum Gasteiger partial charge on any atom is 0.252 e. The predicted molar refractivity (Wildman–Crippen MR) is 110 cm³/mol. The summed E-state index contributed by atoms with van der Waals surface area (Å²) in [5.74, 6) is -2.70. The molecule has 0 saturated heterocycles. The molecule has 0 aromatic heterocycles. The van der Waals surface area contributed by atoms with Gasteiger partial charge in [-0.15, -0.1) is 0 Å². The summed E-state index contributed by atoms with van der Waals surface area (Å²) in [7, 11) is 0. The number of nitriles is 1. The third kappa shape index (κ3) is 6.15. The Bertz CT molecular complexity index is 912. The number of rotatable bonds is 9. The molecule has 0 spiro atoms. The van der Waals surface area contributed by atoms with E-state index in [1.54, 1.807) is 67.6 Å². The number of nitrogens with zero attached hydrogens (tertiary/aromatic N) is 1. The van der Waals surface area contributed by atoms with Gasteiger partial charge < -0.3 is 21.5 Å². The Kier molecular flexibility index (Phi) is 8.08. The lowest BCUT2D eigenvalue weighted by molar-refractivity contribution is -0.134. The van der Waals surface area contributed by atoms with Crippen LogP contribution in [0, 0.1) is 17.2 Å². The molecular weight excluding hydrogens is 384 g/mol. The van der Waals surface area contributed by atoms with Crippen molar-refractivity contribution in [3.8, 4) is 6.07 Å². The first-order chi connectivity index (χ1) is 14.3. The molecule has 2 aromatic rings. The van der Waals surface area contributed by atoms with E-state index in [9.17, 15) is 19.5 Å². The number of nitrogens with two attached hydrogens (primary N) is 1. The third-order valence-electron chi connectivity index (χ3n) is 4.54. The van der Waals surface area contributed by atoms with Crippen molar-refractivity contribution >= 4 is 17.7 Å². The van der Waals surface area contributed by atoms with Gasteiger partial charge >= 0.3 is 0 Å². The molecule has 0 aliphatic heterocycles. The van der Waals surface area contributed by atoms with Crippen molar-refractivity contribution in [2.45, 2.75) is 31.5 Å². The zero-order valence-corrected chi connectivity index (χ0v) is 16.5. The van der Waals surface area contributed by atoms with Crippen LogP contribution in [0.25, 0.3) is 0 Å². The van der Waals surface area contributed by atoms with E-state index in [0.717, 1.165) is 0 Å². The predicted octanol–water partition coefficient (Wildman–Crippen LogP) is 1.04. The zero-order chi connectivity index (χ0) is 22.1. The third-order valence-corrected chi connectivity index (χ3v) is 4.54. The molecule has 2 aromatic carbocycles. The second-order valence-corrected chi connectivity index (χ2v) is 6.90. The number of hydrogen-bond acceptors (Lipinski definition) is 5. The number of aliphatic hydroxyl groups is 1. The summed E-state index contributed by atoms with van der Waals surface area (Å²) in [5.41, 5.74) is 6.19. The Morgan fingerprint density at radius 1 is 1.03 bits per heavy atom. The van der Waals surface area contributed by atoms with Gasteiger partial charge in [-0.05, 0) is 31.0 Å². The first-order valence-electron chi connectivity index (χ1n) is 9.41. The van der Waals surface area contributed by atoms with Crippen LogP contribution in [0.2, 0.25) is 0 Å². The van der Waals surface area contributed by atoms with Crippen LogP contribution in [-0.2, 0) is 9.59 Å². The van der Waals surface area contributed by atoms with Crippen molar-refractivity contribution in [3.05, 3.63) is 71.8 Å². The van der Waals surface area contributed by atoms with Crippen molar-refractivity contribution in [3.63, 3.8) is 0 Å². The molecule has 3 amide bonds. The Balaban J connectivity index is 2.22. The molecule has 0 heterocycles. The van der Waals surface area contributed by atoms with Crippen molar-refractivity contribution in [1.82, 2.24) is 10.6 Å². The maximum absolute atomic E-state index is 12.7. The van der Waals surface area contributed by atoms with Gasteiger partial charge in [0.15, 0.2) is 6.10 Å². The SMILES string of the molecule is C[C@@H](C#N)C[C@H](NC(=O)[C@H](O)[C@@H](NC(=O)c1ccccc1)c1ccccc1)C(N)=O. The van der Waals surface area contributed by atoms with Crippen LogP contribution in [-0.4, -0.2) is 35.0 Å². The molecule has 0 unspecified atom stereocenters. The van der Waals surface area contributed by atoms with Crippen LogP contribution in [0.4, 0.5) is 0 Å². The lowest BCUT2D eigenvalue weighted by atomic mass is 9.98. The summed E-state index contributed by atoms with van der Waals surface area (Å²) in [6, 6.07) is 16.7. The highest BCUT2D eigenvalue weighted by Crippen LogP contribution is 2.19. The number of hydrogen-bond donors (Lipinski definition) is 4. The molecule has 5 N–H and O–H groups in total. The van der Waals surface area contributed by atoms with Crippen LogP contribution >= 0.6 is 0 Å². The summed E-state index contributed by atoms with van der Waals surface area (Å²) in [4.78, 5) is 36.9. The van der Waals surface area contributed by atoms with Crippen molar-refractivity contribution in [2.24, 2.45) is 11.7 Å². The molecule has 2 rings (SSSR count). The fraction of sp³-hybridized carbons (Fsp3) is 0.273. The molecule has 8 heteroatoms. The summed E-state index contributed by atoms with van der Waals surface area (Å²) in [5, 5.41) is 24.7. The van der Waals surface area contributed by atoms with Crippen molar-refractivity contribution in [2.75, 3.05) is 0 Å². The van der Waals surface area contributed by atoms with E-state index in [2.05, 4.69) is 10.6 Å². The Hall–Kier alpha value is -3.70. The number of nitrogens with one attached hydrogen (secondary N) is 2. The van der Waals surface area contributed by atoms with Gasteiger partial charge in [-0.1, -0.05) is 48.5 Å². The smallest absolute Gasteiger partial charge is 0.252 e. The maximum atomic E-state index is 12.7. The first-order valence-corrected chi connectivity index (χ1v) is 9.41. The molecular formula is C22H24N4O4. The monoisotopic (exact) mass is 408 g/mol. The lowest BCUT2D eigenvalue weighted by Crippen LogP contribution is -2.52. The first kappa shape index (κ1) is 22.6. The van der Waals surface area contributed by atoms with Crippen molar-refractivity contribution < 1.29 is 19.5 Å². The molecule has 8 nitrogen and oxygen atoms in total. The molecule has 0 saturated carbocycles. The standard InChI is InChI=1S/C22H24N4O4/c1-14(13-23)12-17(20(24)28)25-22(30)19(27)18(15-8-4-2-5-9-15)26-21(29)16-10-6-3-7-11-16/h2-11,14,17-19,27H,12H2,1H3,(H2,24,28)(H,25,30)(H,26,29)/t14-,17+,18+,19-/m1/s1. The Morgan fingerprint density at radius 3 is 2.13 bits per heavy atom. The second kappa shape index (κ2) is 10.7. The van der Waals surface area contributed by atoms with E-state index >= 15 is 0 Å². The second-order valence-electron chi connectivity index (χ2n) is 6.90. The van der Waals surface area contributed by atoms with Gasteiger partial charge in [-0.2, -0.15) is 5.26 Å². The lowest BCUT2D eigenvalue weighted by Gasteiger charge is -2.26. The average molecular weight is 408 g/mol. The molecule has 30 heavy (non-hydrogen) atoms. The van der Waals surface area contributed by atoms with Crippen LogP contribution in [0.5, 0.6) is 0 Å². The summed E-state index contributed by atoms with van der Waals surface area (Å²) < 4.78 is 0. The van der Waals surface area contributed by atoms with E-state index in [0.29, 0.717) is 11.1 Å². The summed E-state index contributed by atoms with van der Waals surface area (Å²) in [6.45, 7) is 1.59. The summed E-state index contributed by atoms with van der Waals surface area (Å²) >= 11 is 0. The Labute approximate surface area is 174 Å². The molecule has 4 atom stereocenters. The van der Waals surface area contributed by atoms with E-state index in [-0.39, 0.29) is 6.42 Å². The highest BCUT2D eigenvalue weighted by molar-refractivity contribution is 5.95. The minimum Gasteiger partial charge on any atom is -0.381 e. The number of carbonyl (C=O) groups excluding carboxylic acids is 3. The van der Waals surface area contributed by atoms with Gasteiger partial charge in [-0.3, -0.25) is 14.4 Å². The molecule has 0 radical (unpaired) electrons. The molecule has 0 bridgehead atoms. The summed E-state index contributed by atoms with van der Waals surface area (Å²) in [6.07, 6.45) is -1.68. The van der Waals surface area contributed by atoms with Gasteiger partial charge in [-0.25, -0.2) is 0 Å². The molecule has 0 aliphatic rings. The largest absolute Gasteiger partial charge is 0.381 e. The highest BCUT2D eigenvalue weighted by atomic mass is 16.3. The van der Waals surface area contributed by atoms with Gasteiger partial charge in [0, 0.05) is 11.5 Å². The molecule has 0 aliphatic carbocycles. The van der Waals surface area contributed by atoms with Crippen LogP contribution in [0.1, 0.15) is 35.3 Å². The van der Waals surface area contributed by atoms with E-state index in [1.807, 2.05) is 6.07 Å². The van der Waals surface area contributed by atoms with Gasteiger partial charge in [0.2, 0.25) is 5.91 Å². The van der Waals surface area contributed by atoms with Crippen LogP contribution in [0.3, 0.4) is 0 Å². The minimum absolute atomic E-state index is 0.0106. The number of carbonyl (C=O) groups is 3. The number of aliphatic hydroxyl groups excluding tert-OH is 1. The van der Waals surface area contributed by atoms with Gasteiger partial charge in [0.05, 0.1) is 12.1 Å². The normalized spacial score (nSPS) is 14.4. The fourth-order valence-electron chi connectivity index (χ4n) is 2.88. The highest BCUT2D eigenvalue weighted by Gasteiger charge is 2.32. The fourth-order valence-corrected chi connectivity index (χ4v) is 2.88. The molecule has 156 valence electrons. The molecule has 0 fully saturated rings. The average Bonchev–Trinajstić information content (AvgIpc) is 2.77. The topological polar surface area (TPSA) is 145 Å². The van der Waals surface area contributed by atoms with Gasteiger partial charge in [0.25, 0.3) is 11.8 Å². The zero-order valence-electron chi connectivity index (χ0n) is 16.5. The van der Waals surface area contributed by atoms with Crippen molar-refractivity contribution in [1.29, 1.82) is 5.26 Å². The van der Waals surface area contributed by atoms with E-state index in [1.165, 1.54) is 0 Å². The van der Waals surface area contributed by atoms with E-state index < -0.39 is 41.8 Å². The minimum atomic E-state index is -1.70. The van der Waals surface area contributed by atoms with Crippen LogP contribution < -0.4 is 16.4 Å². The quantitative estimate of drug-likeness (QED) is 0.490. The van der Waals surface area contributed by atoms with Crippen LogP contribution in [0.15, 0.2) is 60.7 Å². The number of amides is 3.